The summed E-state index contributed by atoms with van der Waals surface area (Å²) < 4.78 is 1.80. The predicted molar refractivity (Wildman–Crippen MR) is 91.4 cm³/mol. The lowest BCUT2D eigenvalue weighted by atomic mass is 10.1. The molecule has 1 amide bonds. The van der Waals surface area contributed by atoms with Crippen LogP contribution in [-0.2, 0) is 17.8 Å². The molecule has 1 N–H and O–H groups in total. The topological polar surface area (TPSA) is 51.1 Å². The first-order chi connectivity index (χ1) is 11.2. The van der Waals surface area contributed by atoms with Gasteiger partial charge in [0.1, 0.15) is 6.54 Å². The number of carbonyl (C=O) groups is 1. The number of nitrogens with zero attached hydrogens (tertiary/aromatic N) is 1. The smallest absolute Gasteiger partial charge is 0.239 e. The summed E-state index contributed by atoms with van der Waals surface area (Å²) in [5.74, 6) is -0.0604. The van der Waals surface area contributed by atoms with Gasteiger partial charge >= 0.3 is 0 Å². The maximum Gasteiger partial charge on any atom is 0.239 e. The maximum absolute atomic E-state index is 12.1. The van der Waals surface area contributed by atoms with E-state index in [1.807, 2.05) is 48.5 Å². The van der Waals surface area contributed by atoms with Crippen molar-refractivity contribution in [2.24, 2.45) is 0 Å². The number of amides is 1. The molecule has 1 heterocycles. The van der Waals surface area contributed by atoms with Crippen molar-refractivity contribution < 1.29 is 4.79 Å². The fraction of sp³-hybridized carbons (Fsp3) is 0.158. The van der Waals surface area contributed by atoms with Crippen molar-refractivity contribution in [3.8, 4) is 0 Å². The molecule has 0 aliphatic heterocycles. The van der Waals surface area contributed by atoms with Crippen LogP contribution in [0.4, 0.5) is 0 Å². The molecule has 3 aromatic rings. The van der Waals surface area contributed by atoms with Crippen LogP contribution in [0.25, 0.3) is 10.9 Å². The molecule has 0 aliphatic carbocycles. The number of carbonyl (C=O) groups excluding carboxylic acids is 1. The third-order valence-corrected chi connectivity index (χ3v) is 3.78. The van der Waals surface area contributed by atoms with Crippen molar-refractivity contribution in [1.29, 1.82) is 0 Å². The van der Waals surface area contributed by atoms with Crippen LogP contribution in [0.5, 0.6) is 0 Å². The summed E-state index contributed by atoms with van der Waals surface area (Å²) in [6.45, 7) is 0.802. The average Bonchev–Trinajstić information content (AvgIpc) is 2.59. The van der Waals surface area contributed by atoms with E-state index in [1.54, 1.807) is 16.8 Å². The van der Waals surface area contributed by atoms with Gasteiger partial charge in [-0.3, -0.25) is 9.59 Å². The molecule has 4 nitrogen and oxygen atoms in total. The molecule has 116 valence electrons. The monoisotopic (exact) mass is 306 g/mol. The predicted octanol–water partition coefficient (Wildman–Crippen LogP) is 2.36. The Kier molecular flexibility index (Phi) is 4.52. The zero-order valence-electron chi connectivity index (χ0n) is 12.7. The first-order valence-corrected chi connectivity index (χ1v) is 7.63. The van der Waals surface area contributed by atoms with Crippen LogP contribution in [-0.4, -0.2) is 17.0 Å². The molecule has 0 spiro atoms. The van der Waals surface area contributed by atoms with Crippen molar-refractivity contribution in [3.63, 3.8) is 0 Å². The minimum absolute atomic E-state index is 0.0265. The van der Waals surface area contributed by atoms with Gasteiger partial charge in [-0.1, -0.05) is 42.5 Å². The fourth-order valence-corrected chi connectivity index (χ4v) is 2.60. The van der Waals surface area contributed by atoms with Crippen LogP contribution in [0.1, 0.15) is 5.56 Å². The van der Waals surface area contributed by atoms with E-state index in [1.165, 1.54) is 11.6 Å². The van der Waals surface area contributed by atoms with E-state index in [2.05, 4.69) is 5.32 Å². The Morgan fingerprint density at radius 3 is 2.52 bits per heavy atom. The highest BCUT2D eigenvalue weighted by atomic mass is 16.2. The quantitative estimate of drug-likeness (QED) is 0.787. The molecular formula is C19H18N2O2. The van der Waals surface area contributed by atoms with Gasteiger partial charge in [0.2, 0.25) is 5.91 Å². The Labute approximate surface area is 134 Å². The number of fused-ring (bicyclic) bond motifs is 1. The molecule has 2 aromatic carbocycles. The number of rotatable bonds is 5. The summed E-state index contributed by atoms with van der Waals surface area (Å²) in [6, 6.07) is 18.9. The van der Waals surface area contributed by atoms with Gasteiger partial charge in [0.25, 0.3) is 0 Å². The average molecular weight is 306 g/mol. The lowest BCUT2D eigenvalue weighted by Gasteiger charge is -2.11. The number of benzene rings is 2. The minimum Gasteiger partial charge on any atom is -0.354 e. The van der Waals surface area contributed by atoms with E-state index < -0.39 is 0 Å². The van der Waals surface area contributed by atoms with E-state index in [0.717, 1.165) is 11.9 Å². The van der Waals surface area contributed by atoms with Crippen molar-refractivity contribution in [2.45, 2.75) is 13.0 Å². The van der Waals surface area contributed by atoms with Crippen molar-refractivity contribution in [2.75, 3.05) is 6.54 Å². The zero-order valence-corrected chi connectivity index (χ0v) is 12.7. The number of para-hydroxylation sites is 1. The molecular weight excluding hydrogens is 288 g/mol. The van der Waals surface area contributed by atoms with Gasteiger partial charge in [-0.2, -0.15) is 0 Å². The molecule has 0 radical (unpaired) electrons. The molecule has 0 bridgehead atoms. The maximum atomic E-state index is 12.1. The second-order valence-corrected chi connectivity index (χ2v) is 5.41. The highest BCUT2D eigenvalue weighted by molar-refractivity contribution is 5.82. The lowest BCUT2D eigenvalue weighted by molar-refractivity contribution is -0.121. The van der Waals surface area contributed by atoms with Crippen LogP contribution in [0.15, 0.2) is 71.7 Å². The molecule has 0 aliphatic rings. The zero-order chi connectivity index (χ0) is 16.1. The highest BCUT2D eigenvalue weighted by Crippen LogP contribution is 2.09. The molecule has 0 atom stereocenters. The van der Waals surface area contributed by atoms with E-state index in [0.29, 0.717) is 11.9 Å². The number of aromatic nitrogens is 1. The van der Waals surface area contributed by atoms with Crippen LogP contribution in [0, 0.1) is 0 Å². The largest absolute Gasteiger partial charge is 0.354 e. The van der Waals surface area contributed by atoms with Gasteiger partial charge in [0, 0.05) is 24.2 Å². The van der Waals surface area contributed by atoms with Gasteiger partial charge in [-0.05, 0) is 24.1 Å². The fourth-order valence-electron chi connectivity index (χ4n) is 2.60. The molecule has 3 rings (SSSR count). The third-order valence-electron chi connectivity index (χ3n) is 3.78. The number of pyridine rings is 1. The summed E-state index contributed by atoms with van der Waals surface area (Å²) in [5, 5.41) is 3.55. The second-order valence-electron chi connectivity index (χ2n) is 5.41. The summed E-state index contributed by atoms with van der Waals surface area (Å²) in [7, 11) is 0. The summed E-state index contributed by atoms with van der Waals surface area (Å²) >= 11 is 0. The van der Waals surface area contributed by atoms with Crippen molar-refractivity contribution >= 4 is 16.8 Å². The van der Waals surface area contributed by atoms with Crippen molar-refractivity contribution in [3.05, 3.63) is 82.6 Å². The summed E-state index contributed by atoms with van der Waals surface area (Å²) in [5.41, 5.74) is 1.95. The molecule has 4 heteroatoms. The normalized spacial score (nSPS) is 10.6. The van der Waals surface area contributed by atoms with Crippen LogP contribution in [0.3, 0.4) is 0 Å². The number of hydrogen-bond acceptors (Lipinski definition) is 2. The first-order valence-electron chi connectivity index (χ1n) is 7.63. The third kappa shape index (κ3) is 3.66. The molecule has 23 heavy (non-hydrogen) atoms. The van der Waals surface area contributed by atoms with Gasteiger partial charge in [0.15, 0.2) is 5.43 Å². The number of nitrogens with one attached hydrogen (secondary N) is 1. The van der Waals surface area contributed by atoms with E-state index in [-0.39, 0.29) is 17.9 Å². The summed E-state index contributed by atoms with van der Waals surface area (Å²) in [4.78, 5) is 24.0. The number of hydrogen-bond donors (Lipinski definition) is 1. The molecule has 0 unspecified atom stereocenters. The molecule has 0 saturated heterocycles. The lowest BCUT2D eigenvalue weighted by Crippen LogP contribution is -2.29. The van der Waals surface area contributed by atoms with E-state index >= 15 is 0 Å². The van der Waals surface area contributed by atoms with Gasteiger partial charge in [0.05, 0.1) is 5.52 Å². The van der Waals surface area contributed by atoms with Gasteiger partial charge < -0.3 is 9.88 Å². The van der Waals surface area contributed by atoms with Crippen LogP contribution < -0.4 is 10.7 Å². The Morgan fingerprint density at radius 1 is 0.957 bits per heavy atom. The molecule has 0 saturated carbocycles. The van der Waals surface area contributed by atoms with Gasteiger partial charge in [-0.25, -0.2) is 0 Å². The standard InChI is InChI=1S/C19H18N2O2/c22-18-11-13-21(17-9-5-4-8-16(17)18)14-19(23)20-12-10-15-6-2-1-3-7-15/h1-9,11,13H,10,12,14H2,(H,20,23). The Bertz CT molecular complexity index is 869. The van der Waals surface area contributed by atoms with Crippen LogP contribution in [0.2, 0.25) is 0 Å². The Balaban J connectivity index is 1.64. The van der Waals surface area contributed by atoms with E-state index in [9.17, 15) is 9.59 Å². The first kappa shape index (κ1) is 15.0. The van der Waals surface area contributed by atoms with Crippen molar-refractivity contribution in [1.82, 2.24) is 9.88 Å². The highest BCUT2D eigenvalue weighted by Gasteiger charge is 2.06. The summed E-state index contributed by atoms with van der Waals surface area (Å²) in [6.07, 6.45) is 2.47. The second kappa shape index (κ2) is 6.92. The molecule has 1 aromatic heterocycles. The Morgan fingerprint density at radius 2 is 1.70 bits per heavy atom. The van der Waals surface area contributed by atoms with Crippen LogP contribution >= 0.6 is 0 Å². The van der Waals surface area contributed by atoms with Gasteiger partial charge in [-0.15, -0.1) is 0 Å². The van der Waals surface area contributed by atoms with E-state index in [4.69, 9.17) is 0 Å². The SMILES string of the molecule is O=C(Cn1ccc(=O)c2ccccc21)NCCc1ccccc1. The molecule has 0 fully saturated rings. The Hall–Kier alpha value is -2.88. The minimum atomic E-state index is -0.0604.